The number of rotatable bonds is 9. The minimum absolute atomic E-state index is 0.0300. The Kier molecular flexibility index (Phi) is 7.62. The number of oxime groups is 1. The number of hydrogen-bond acceptors (Lipinski definition) is 5. The van der Waals surface area contributed by atoms with Crippen LogP contribution in [0.2, 0.25) is 0 Å². The zero-order valence-corrected chi connectivity index (χ0v) is 22.1. The van der Waals surface area contributed by atoms with Crippen molar-refractivity contribution in [2.75, 3.05) is 6.61 Å². The van der Waals surface area contributed by atoms with E-state index in [4.69, 9.17) is 9.16 Å². The van der Waals surface area contributed by atoms with Crippen LogP contribution in [-0.4, -0.2) is 31.7 Å². The van der Waals surface area contributed by atoms with Crippen LogP contribution in [0.25, 0.3) is 0 Å². The highest BCUT2D eigenvalue weighted by Crippen LogP contribution is 2.44. The molecule has 1 aliphatic rings. The molecule has 0 aromatic heterocycles. The van der Waals surface area contributed by atoms with Gasteiger partial charge in [0.25, 0.3) is 0 Å². The summed E-state index contributed by atoms with van der Waals surface area (Å²) < 4.78 is 13.4. The summed E-state index contributed by atoms with van der Waals surface area (Å²) in [5.41, 5.74) is 1.39. The van der Waals surface area contributed by atoms with Gasteiger partial charge in [-0.15, -0.1) is 0 Å². The maximum absolute atomic E-state index is 10.7. The summed E-state index contributed by atoms with van der Waals surface area (Å²) in [4.78, 5) is 0. The average molecular weight is 490 g/mol. The number of phenols is 1. The molecule has 0 heterocycles. The maximum atomic E-state index is 10.7. The molecule has 184 valence electrons. The maximum Gasteiger partial charge on any atom is 0.240 e. The van der Waals surface area contributed by atoms with E-state index in [0.717, 1.165) is 5.56 Å². The van der Waals surface area contributed by atoms with Gasteiger partial charge in [-0.1, -0.05) is 86.6 Å². The molecule has 3 aromatic rings. The average Bonchev–Trinajstić information content (AvgIpc) is 3.68. The summed E-state index contributed by atoms with van der Waals surface area (Å²) in [6, 6.07) is 24.3. The van der Waals surface area contributed by atoms with Crippen LogP contribution in [0.5, 0.6) is 11.5 Å². The number of nitrogens with zero attached hydrogens (tertiary/aromatic N) is 1. The van der Waals surface area contributed by atoms with E-state index in [0.29, 0.717) is 29.5 Å². The van der Waals surface area contributed by atoms with Crippen molar-refractivity contribution in [1.29, 1.82) is 0 Å². The molecule has 2 N–H and O–H groups in total. The van der Waals surface area contributed by atoms with E-state index in [9.17, 15) is 10.3 Å². The van der Waals surface area contributed by atoms with Crippen LogP contribution in [-0.2, 0) is 4.43 Å². The predicted octanol–water partition coefficient (Wildman–Crippen LogP) is 5.02. The van der Waals surface area contributed by atoms with Crippen LogP contribution < -0.4 is 15.1 Å². The molecule has 0 saturated heterocycles. The summed E-state index contributed by atoms with van der Waals surface area (Å²) in [6.07, 6.45) is 2.03. The van der Waals surface area contributed by atoms with Crippen LogP contribution in [0.3, 0.4) is 0 Å². The van der Waals surface area contributed by atoms with E-state index in [2.05, 4.69) is 74.5 Å². The Balaban J connectivity index is 1.82. The van der Waals surface area contributed by atoms with Crippen LogP contribution in [0.4, 0.5) is 0 Å². The van der Waals surface area contributed by atoms with Gasteiger partial charge in [-0.3, -0.25) is 0 Å². The minimum Gasteiger partial charge on any atom is -0.507 e. The van der Waals surface area contributed by atoms with Crippen molar-refractivity contribution in [3.05, 3.63) is 83.9 Å². The molecule has 1 atom stereocenters. The van der Waals surface area contributed by atoms with Gasteiger partial charge >= 0.3 is 0 Å². The van der Waals surface area contributed by atoms with Crippen molar-refractivity contribution >= 4 is 25.1 Å². The molecule has 4 rings (SSSR count). The molecular formula is C29H35NO4Si. The first-order chi connectivity index (χ1) is 16.8. The fourth-order valence-electron chi connectivity index (χ4n) is 4.24. The van der Waals surface area contributed by atoms with Crippen LogP contribution >= 0.6 is 0 Å². The van der Waals surface area contributed by atoms with Gasteiger partial charge in [0, 0.05) is 17.2 Å². The SMILES string of the molecule is CC(=NO)c1cc(C(O[SiH](c2ccccc2)c2ccccc2)C(C)(C)C)c(OCC2CC2)cc1O. The van der Waals surface area contributed by atoms with Crippen molar-refractivity contribution < 1.29 is 19.5 Å². The second kappa shape index (κ2) is 10.7. The molecule has 1 unspecified atom stereocenters. The highest BCUT2D eigenvalue weighted by Gasteiger charge is 2.35. The third kappa shape index (κ3) is 6.13. The topological polar surface area (TPSA) is 71.3 Å². The molecule has 35 heavy (non-hydrogen) atoms. The van der Waals surface area contributed by atoms with E-state index in [-0.39, 0.29) is 17.3 Å². The Morgan fingerprint density at radius 2 is 1.57 bits per heavy atom. The van der Waals surface area contributed by atoms with E-state index in [1.165, 1.54) is 23.2 Å². The summed E-state index contributed by atoms with van der Waals surface area (Å²) >= 11 is 0. The van der Waals surface area contributed by atoms with Gasteiger partial charge < -0.3 is 19.5 Å². The molecule has 1 fully saturated rings. The first-order valence-electron chi connectivity index (χ1n) is 12.2. The van der Waals surface area contributed by atoms with Crippen LogP contribution in [0, 0.1) is 11.3 Å². The lowest BCUT2D eigenvalue weighted by molar-refractivity contribution is 0.0859. The van der Waals surface area contributed by atoms with E-state index < -0.39 is 9.04 Å². The van der Waals surface area contributed by atoms with Gasteiger partial charge in [0.15, 0.2) is 0 Å². The van der Waals surface area contributed by atoms with E-state index >= 15 is 0 Å². The zero-order valence-electron chi connectivity index (χ0n) is 20.9. The van der Waals surface area contributed by atoms with E-state index in [1.54, 1.807) is 13.0 Å². The van der Waals surface area contributed by atoms with Gasteiger partial charge in [0.2, 0.25) is 9.04 Å². The minimum atomic E-state index is -2.08. The molecule has 0 bridgehead atoms. The van der Waals surface area contributed by atoms with Crippen molar-refractivity contribution in [1.82, 2.24) is 0 Å². The summed E-state index contributed by atoms with van der Waals surface area (Å²) in [5.74, 6) is 1.22. The highest BCUT2D eigenvalue weighted by molar-refractivity contribution is 6.80. The third-order valence-electron chi connectivity index (χ3n) is 6.39. The first-order valence-corrected chi connectivity index (χ1v) is 13.8. The molecule has 3 aromatic carbocycles. The lowest BCUT2D eigenvalue weighted by Crippen LogP contribution is -2.47. The van der Waals surface area contributed by atoms with Crippen molar-refractivity contribution in [2.24, 2.45) is 16.5 Å². The molecule has 1 aliphatic carbocycles. The molecule has 0 radical (unpaired) electrons. The smallest absolute Gasteiger partial charge is 0.240 e. The lowest BCUT2D eigenvalue weighted by Gasteiger charge is -2.36. The van der Waals surface area contributed by atoms with E-state index in [1.807, 2.05) is 18.2 Å². The van der Waals surface area contributed by atoms with Crippen LogP contribution in [0.15, 0.2) is 78.0 Å². The lowest BCUT2D eigenvalue weighted by atomic mass is 9.83. The molecule has 5 nitrogen and oxygen atoms in total. The molecule has 0 spiro atoms. The summed E-state index contributed by atoms with van der Waals surface area (Å²) in [5, 5.41) is 25.9. The number of benzene rings is 3. The fraction of sp³-hybridized carbons (Fsp3) is 0.345. The molecule has 0 amide bonds. The fourth-order valence-corrected chi connectivity index (χ4v) is 6.91. The summed E-state index contributed by atoms with van der Waals surface area (Å²) in [6.45, 7) is 8.76. The van der Waals surface area contributed by atoms with Gasteiger partial charge in [-0.05, 0) is 47.5 Å². The Hall–Kier alpha value is -3.09. The Morgan fingerprint density at radius 1 is 1.00 bits per heavy atom. The largest absolute Gasteiger partial charge is 0.507 e. The van der Waals surface area contributed by atoms with Gasteiger partial charge in [0.1, 0.15) is 11.5 Å². The number of aromatic hydroxyl groups is 1. The Bertz CT molecular complexity index is 1120. The number of ether oxygens (including phenoxy) is 1. The molecule has 6 heteroatoms. The van der Waals surface area contributed by atoms with Crippen molar-refractivity contribution in [2.45, 2.75) is 46.6 Å². The molecule has 1 saturated carbocycles. The molecular weight excluding hydrogens is 454 g/mol. The van der Waals surface area contributed by atoms with Gasteiger partial charge in [0.05, 0.1) is 18.4 Å². The quantitative estimate of drug-likeness (QED) is 0.192. The Morgan fingerprint density at radius 3 is 2.06 bits per heavy atom. The monoisotopic (exact) mass is 489 g/mol. The third-order valence-corrected chi connectivity index (χ3v) is 8.91. The van der Waals surface area contributed by atoms with Gasteiger partial charge in [-0.2, -0.15) is 0 Å². The van der Waals surface area contributed by atoms with Gasteiger partial charge in [-0.25, -0.2) is 0 Å². The second-order valence-corrected chi connectivity index (χ2v) is 12.8. The van der Waals surface area contributed by atoms with Crippen molar-refractivity contribution in [3.63, 3.8) is 0 Å². The van der Waals surface area contributed by atoms with Crippen molar-refractivity contribution in [3.8, 4) is 11.5 Å². The molecule has 0 aliphatic heterocycles. The first kappa shape index (κ1) is 25.0. The standard InChI is InChI=1S/C29H35NO4Si/c1-20(30-32)24-17-25(27(18-26(24)31)33-19-21-15-16-21)28(29(2,3)4)34-35(22-11-7-5-8-12-22)23-13-9-6-10-14-23/h5-14,17-18,21,28,31-32,35H,15-16,19H2,1-4H3. The second-order valence-electron chi connectivity index (χ2n) is 10.4. The number of hydrogen-bond donors (Lipinski definition) is 2. The van der Waals surface area contributed by atoms with Crippen LogP contribution in [0.1, 0.15) is 57.8 Å². The highest BCUT2D eigenvalue weighted by atomic mass is 28.3. The predicted molar refractivity (Wildman–Crippen MR) is 143 cm³/mol. The Labute approximate surface area is 209 Å². The summed E-state index contributed by atoms with van der Waals surface area (Å²) in [7, 11) is -2.08. The zero-order chi connectivity index (χ0) is 25.0. The number of phenolic OH excluding ortho intramolecular Hbond substituents is 1. The normalized spacial score (nSPS) is 15.3.